The number of hydrogen-bond donors (Lipinski definition) is 1. The van der Waals surface area contributed by atoms with Gasteiger partial charge in [0.05, 0.1) is 7.11 Å². The van der Waals surface area contributed by atoms with E-state index in [4.69, 9.17) is 9.47 Å². The van der Waals surface area contributed by atoms with E-state index in [0.717, 1.165) is 37.7 Å². The van der Waals surface area contributed by atoms with Gasteiger partial charge in [0.15, 0.2) is 11.5 Å². The first-order chi connectivity index (χ1) is 8.81. The summed E-state index contributed by atoms with van der Waals surface area (Å²) in [6.07, 6.45) is 0. The molecule has 4 nitrogen and oxygen atoms in total. The minimum Gasteiger partial charge on any atom is -0.493 e. The predicted octanol–water partition coefficient (Wildman–Crippen LogP) is 1.37. The standard InChI is InChI=1S/C14H22N2O2/c1-12-11-15-7-8-16(12)9-10-18-14-6-4-3-5-13(14)17-2/h3-6,12,15H,7-11H2,1-2H3/t12-/m1/s1. The molecule has 1 N–H and O–H groups in total. The van der Waals surface area contributed by atoms with Crippen molar-refractivity contribution in [3.8, 4) is 11.5 Å². The minimum absolute atomic E-state index is 0.583. The van der Waals surface area contributed by atoms with Crippen molar-refractivity contribution < 1.29 is 9.47 Å². The number of piperazine rings is 1. The van der Waals surface area contributed by atoms with Gasteiger partial charge in [-0.1, -0.05) is 12.1 Å². The Bertz CT molecular complexity index is 371. The normalized spacial score (nSPS) is 20.7. The van der Waals surface area contributed by atoms with Crippen LogP contribution >= 0.6 is 0 Å². The SMILES string of the molecule is COc1ccccc1OCCN1CCNC[C@H]1C. The van der Waals surface area contributed by atoms with E-state index in [1.165, 1.54) is 0 Å². The highest BCUT2D eigenvalue weighted by molar-refractivity contribution is 5.39. The number of para-hydroxylation sites is 2. The molecule has 1 aromatic carbocycles. The maximum absolute atomic E-state index is 5.79. The molecule has 0 amide bonds. The quantitative estimate of drug-likeness (QED) is 0.856. The van der Waals surface area contributed by atoms with E-state index in [2.05, 4.69) is 17.1 Å². The van der Waals surface area contributed by atoms with Crippen LogP contribution < -0.4 is 14.8 Å². The van der Waals surface area contributed by atoms with Gasteiger partial charge in [0, 0.05) is 32.2 Å². The molecule has 1 aliphatic heterocycles. The molecule has 0 aromatic heterocycles. The van der Waals surface area contributed by atoms with Gasteiger partial charge in [0.1, 0.15) is 6.61 Å². The molecule has 4 heteroatoms. The van der Waals surface area contributed by atoms with E-state index >= 15 is 0 Å². The van der Waals surface area contributed by atoms with Gasteiger partial charge in [-0.15, -0.1) is 0 Å². The summed E-state index contributed by atoms with van der Waals surface area (Å²) >= 11 is 0. The van der Waals surface area contributed by atoms with Crippen LogP contribution in [0.2, 0.25) is 0 Å². The lowest BCUT2D eigenvalue weighted by Gasteiger charge is -2.33. The summed E-state index contributed by atoms with van der Waals surface area (Å²) in [5, 5.41) is 3.39. The molecular weight excluding hydrogens is 228 g/mol. The zero-order valence-electron chi connectivity index (χ0n) is 11.2. The lowest BCUT2D eigenvalue weighted by Crippen LogP contribution is -2.50. The fraction of sp³-hybridized carbons (Fsp3) is 0.571. The van der Waals surface area contributed by atoms with Crippen LogP contribution in [0.15, 0.2) is 24.3 Å². The van der Waals surface area contributed by atoms with Gasteiger partial charge in [0.2, 0.25) is 0 Å². The third-order valence-corrected chi connectivity index (χ3v) is 3.34. The average Bonchev–Trinajstić information content (AvgIpc) is 2.41. The Balaban J connectivity index is 1.80. The van der Waals surface area contributed by atoms with E-state index in [9.17, 15) is 0 Å². The number of methoxy groups -OCH3 is 1. The molecule has 2 rings (SSSR count). The molecule has 0 aliphatic carbocycles. The molecule has 0 radical (unpaired) electrons. The lowest BCUT2D eigenvalue weighted by molar-refractivity contribution is 0.142. The van der Waals surface area contributed by atoms with Crippen molar-refractivity contribution in [1.29, 1.82) is 0 Å². The topological polar surface area (TPSA) is 33.7 Å². The zero-order valence-corrected chi connectivity index (χ0v) is 11.2. The molecule has 0 saturated carbocycles. The van der Waals surface area contributed by atoms with Crippen LogP contribution in [-0.2, 0) is 0 Å². The van der Waals surface area contributed by atoms with Gasteiger partial charge in [-0.3, -0.25) is 4.90 Å². The Kier molecular flexibility index (Phi) is 4.84. The highest BCUT2D eigenvalue weighted by atomic mass is 16.5. The van der Waals surface area contributed by atoms with Gasteiger partial charge in [-0.25, -0.2) is 0 Å². The van der Waals surface area contributed by atoms with Crippen molar-refractivity contribution in [3.05, 3.63) is 24.3 Å². The second-order valence-corrected chi connectivity index (χ2v) is 4.59. The number of nitrogens with zero attached hydrogens (tertiary/aromatic N) is 1. The Morgan fingerprint density at radius 1 is 1.33 bits per heavy atom. The van der Waals surface area contributed by atoms with Crippen LogP contribution in [0, 0.1) is 0 Å². The van der Waals surface area contributed by atoms with Gasteiger partial charge in [-0.05, 0) is 19.1 Å². The molecule has 1 aromatic rings. The second kappa shape index (κ2) is 6.61. The fourth-order valence-electron chi connectivity index (χ4n) is 2.23. The van der Waals surface area contributed by atoms with E-state index < -0.39 is 0 Å². The van der Waals surface area contributed by atoms with Crippen LogP contribution in [0.5, 0.6) is 11.5 Å². The van der Waals surface area contributed by atoms with Crippen molar-refractivity contribution in [2.24, 2.45) is 0 Å². The van der Waals surface area contributed by atoms with Crippen molar-refractivity contribution in [1.82, 2.24) is 10.2 Å². The van der Waals surface area contributed by atoms with E-state index in [0.29, 0.717) is 12.6 Å². The maximum atomic E-state index is 5.79. The van der Waals surface area contributed by atoms with E-state index in [1.54, 1.807) is 7.11 Å². The lowest BCUT2D eigenvalue weighted by atomic mass is 10.2. The Labute approximate surface area is 109 Å². The fourth-order valence-corrected chi connectivity index (χ4v) is 2.23. The molecule has 1 aliphatic rings. The zero-order chi connectivity index (χ0) is 12.8. The minimum atomic E-state index is 0.583. The molecule has 18 heavy (non-hydrogen) atoms. The maximum Gasteiger partial charge on any atom is 0.161 e. The highest BCUT2D eigenvalue weighted by Gasteiger charge is 2.17. The summed E-state index contributed by atoms with van der Waals surface area (Å²) in [5.41, 5.74) is 0. The summed E-state index contributed by atoms with van der Waals surface area (Å²) in [5.74, 6) is 1.62. The molecule has 100 valence electrons. The summed E-state index contributed by atoms with van der Waals surface area (Å²) in [4.78, 5) is 2.45. The molecule has 1 atom stereocenters. The summed E-state index contributed by atoms with van der Waals surface area (Å²) in [6.45, 7) is 7.13. The smallest absolute Gasteiger partial charge is 0.161 e. The van der Waals surface area contributed by atoms with E-state index in [-0.39, 0.29) is 0 Å². The van der Waals surface area contributed by atoms with Crippen molar-refractivity contribution in [2.45, 2.75) is 13.0 Å². The largest absolute Gasteiger partial charge is 0.493 e. The molecule has 1 fully saturated rings. The molecule has 1 saturated heterocycles. The number of hydrogen-bond acceptors (Lipinski definition) is 4. The van der Waals surface area contributed by atoms with Crippen LogP contribution in [0.3, 0.4) is 0 Å². The monoisotopic (exact) mass is 250 g/mol. The second-order valence-electron chi connectivity index (χ2n) is 4.59. The first kappa shape index (κ1) is 13.2. The first-order valence-electron chi connectivity index (χ1n) is 6.52. The molecule has 1 heterocycles. The number of benzene rings is 1. The van der Waals surface area contributed by atoms with Crippen molar-refractivity contribution in [2.75, 3.05) is 39.9 Å². The summed E-state index contributed by atoms with van der Waals surface area (Å²) in [7, 11) is 1.67. The Morgan fingerprint density at radius 3 is 2.83 bits per heavy atom. The van der Waals surface area contributed by atoms with Crippen molar-refractivity contribution >= 4 is 0 Å². The molecule has 0 spiro atoms. The van der Waals surface area contributed by atoms with Crippen LogP contribution in [0.25, 0.3) is 0 Å². The van der Waals surface area contributed by atoms with Gasteiger partial charge >= 0.3 is 0 Å². The van der Waals surface area contributed by atoms with Crippen LogP contribution in [0.1, 0.15) is 6.92 Å². The number of nitrogens with one attached hydrogen (secondary N) is 1. The van der Waals surface area contributed by atoms with Gasteiger partial charge in [-0.2, -0.15) is 0 Å². The van der Waals surface area contributed by atoms with Crippen molar-refractivity contribution in [3.63, 3.8) is 0 Å². The Hall–Kier alpha value is -1.26. The number of ether oxygens (including phenoxy) is 2. The van der Waals surface area contributed by atoms with Gasteiger partial charge in [0.25, 0.3) is 0 Å². The van der Waals surface area contributed by atoms with Gasteiger partial charge < -0.3 is 14.8 Å². The molecular formula is C14H22N2O2. The molecule has 0 unspecified atom stereocenters. The predicted molar refractivity (Wildman–Crippen MR) is 72.4 cm³/mol. The average molecular weight is 250 g/mol. The third kappa shape index (κ3) is 3.37. The first-order valence-corrected chi connectivity index (χ1v) is 6.52. The van der Waals surface area contributed by atoms with E-state index in [1.807, 2.05) is 24.3 Å². The Morgan fingerprint density at radius 2 is 2.11 bits per heavy atom. The third-order valence-electron chi connectivity index (χ3n) is 3.34. The molecule has 0 bridgehead atoms. The highest BCUT2D eigenvalue weighted by Crippen LogP contribution is 2.25. The summed E-state index contributed by atoms with van der Waals surface area (Å²) < 4.78 is 11.1. The van der Waals surface area contributed by atoms with Crippen LogP contribution in [0.4, 0.5) is 0 Å². The summed E-state index contributed by atoms with van der Waals surface area (Å²) in [6, 6.07) is 8.36. The number of rotatable bonds is 5. The van der Waals surface area contributed by atoms with Crippen LogP contribution in [-0.4, -0.2) is 50.8 Å².